The Hall–Kier alpha value is -12.2. The molecule has 0 amide bonds. The normalized spacial score (nSPS) is 22.1. The molecule has 0 radical (unpaired) electrons. The number of anilines is 4. The van der Waals surface area contributed by atoms with E-state index >= 15 is 0 Å². The number of morpholine rings is 4. The lowest BCUT2D eigenvalue weighted by Crippen LogP contribution is -2.46. The Bertz CT molecular complexity index is 6680. The van der Waals surface area contributed by atoms with Gasteiger partial charge in [-0.05, 0) is 145 Å². The van der Waals surface area contributed by atoms with Crippen LogP contribution in [-0.2, 0) is 33.0 Å². The molecule has 4 saturated heterocycles. The first-order valence-electron chi connectivity index (χ1n) is 46.7. The second-order valence-corrected chi connectivity index (χ2v) is 36.4. The molecule has 684 valence electrons. The highest BCUT2D eigenvalue weighted by Crippen LogP contribution is 2.42. The zero-order valence-electron chi connectivity index (χ0n) is 74.6. The molecule has 4 saturated carbocycles. The monoisotopic (exact) mass is 1800 g/mol. The summed E-state index contributed by atoms with van der Waals surface area (Å²) in [6.07, 6.45) is 44.6. The Labute approximate surface area is 766 Å². The number of aromatic amines is 4. The van der Waals surface area contributed by atoms with Crippen molar-refractivity contribution in [1.82, 2.24) is 124 Å². The number of halogens is 2. The summed E-state index contributed by atoms with van der Waals surface area (Å²) in [6, 6.07) is 17.9. The van der Waals surface area contributed by atoms with Crippen LogP contribution < -0.4 is 26.0 Å². The van der Waals surface area contributed by atoms with E-state index in [1.807, 2.05) is 69.5 Å². The largest absolute Gasteiger partial charge is 0.495 e. The van der Waals surface area contributed by atoms with Crippen LogP contribution in [0, 0.1) is 5.82 Å². The van der Waals surface area contributed by atoms with Crippen LogP contribution in [0.25, 0.3) is 133 Å². The van der Waals surface area contributed by atoms with Crippen LogP contribution in [0.5, 0.6) is 5.75 Å². The smallest absolute Gasteiger partial charge is 0.143 e. The third-order valence-corrected chi connectivity index (χ3v) is 28.3. The molecular formula is C96H111ClFN29O5. The molecule has 15 aromatic heterocycles. The van der Waals surface area contributed by atoms with E-state index in [9.17, 15) is 4.39 Å². The number of aromatic nitrogens is 21. The lowest BCUT2D eigenvalue weighted by Gasteiger charge is -2.39. The van der Waals surface area contributed by atoms with Crippen LogP contribution in [0.2, 0.25) is 5.02 Å². The maximum Gasteiger partial charge on any atom is 0.143 e. The highest BCUT2D eigenvalue weighted by atomic mass is 35.5. The van der Waals surface area contributed by atoms with Crippen molar-refractivity contribution in [3.63, 3.8) is 0 Å². The molecule has 4 aliphatic carbocycles. The molecule has 19 heterocycles. The van der Waals surface area contributed by atoms with Crippen molar-refractivity contribution < 1.29 is 28.1 Å². The number of H-pyrrole nitrogens is 4. The van der Waals surface area contributed by atoms with E-state index in [0.29, 0.717) is 70.4 Å². The Kier molecular flexibility index (Phi) is 25.8. The summed E-state index contributed by atoms with van der Waals surface area (Å²) in [5.41, 5.74) is 13.9. The highest BCUT2D eigenvalue weighted by Gasteiger charge is 2.34. The van der Waals surface area contributed by atoms with E-state index in [4.69, 9.17) is 35.3 Å². The summed E-state index contributed by atoms with van der Waals surface area (Å²) in [7, 11) is 5.46. The first-order chi connectivity index (χ1) is 64.9. The van der Waals surface area contributed by atoms with Crippen LogP contribution in [0.4, 0.5) is 27.7 Å². The molecule has 8 aliphatic rings. The van der Waals surface area contributed by atoms with Gasteiger partial charge in [0.25, 0.3) is 0 Å². The summed E-state index contributed by atoms with van der Waals surface area (Å²) in [6.45, 7) is 15.3. The fourth-order valence-electron chi connectivity index (χ4n) is 21.0. The Morgan fingerprint density at radius 1 is 0.348 bits per heavy atom. The summed E-state index contributed by atoms with van der Waals surface area (Å²) >= 11 is 6.63. The van der Waals surface area contributed by atoms with Crippen LogP contribution in [0.3, 0.4) is 0 Å². The van der Waals surface area contributed by atoms with Gasteiger partial charge in [-0.15, -0.1) is 0 Å². The van der Waals surface area contributed by atoms with Gasteiger partial charge < -0.3 is 64.9 Å². The number of methoxy groups -OCH3 is 1. The van der Waals surface area contributed by atoms with Crippen LogP contribution >= 0.6 is 11.6 Å². The molecule has 36 heteroatoms. The van der Waals surface area contributed by atoms with Crippen LogP contribution in [0.15, 0.2) is 136 Å². The fraction of sp³-hybridized carbons (Fsp3) is 0.448. The molecule has 132 heavy (non-hydrogen) atoms. The molecule has 0 bridgehead atoms. The number of aryl methyl sites for hydroxylation is 2. The van der Waals surface area contributed by atoms with Crippen molar-refractivity contribution >= 4 is 123 Å². The van der Waals surface area contributed by atoms with Gasteiger partial charge in [-0.25, -0.2) is 44.3 Å². The fourth-order valence-corrected chi connectivity index (χ4v) is 21.2. The number of fused-ring (bicyclic) bond motifs is 12. The Morgan fingerprint density at radius 2 is 0.674 bits per heavy atom. The Morgan fingerprint density at radius 3 is 1.02 bits per heavy atom. The van der Waals surface area contributed by atoms with Crippen molar-refractivity contribution in [2.75, 3.05) is 134 Å². The summed E-state index contributed by atoms with van der Waals surface area (Å²) in [5, 5.41) is 32.3. The molecule has 8 fully saturated rings. The number of ether oxygens (including phenoxy) is 5. The predicted molar refractivity (Wildman–Crippen MR) is 510 cm³/mol. The highest BCUT2D eigenvalue weighted by molar-refractivity contribution is 6.34. The maximum atomic E-state index is 13.7. The zero-order chi connectivity index (χ0) is 89.0. The minimum atomic E-state index is -0.383. The molecule has 0 spiro atoms. The summed E-state index contributed by atoms with van der Waals surface area (Å²) in [5.74, 6) is 3.82. The minimum Gasteiger partial charge on any atom is -0.495 e. The number of rotatable bonds is 17. The number of benzene rings is 1. The first kappa shape index (κ1) is 86.5. The minimum absolute atomic E-state index is 0.374. The van der Waals surface area contributed by atoms with E-state index in [1.165, 1.54) is 63.6 Å². The molecule has 16 aromatic rings. The molecule has 24 rings (SSSR count). The second-order valence-electron chi connectivity index (χ2n) is 36.0. The number of pyridine rings is 5. The van der Waals surface area contributed by atoms with Gasteiger partial charge >= 0.3 is 0 Å². The van der Waals surface area contributed by atoms with Crippen molar-refractivity contribution in [2.45, 2.75) is 151 Å². The van der Waals surface area contributed by atoms with Gasteiger partial charge in [-0.3, -0.25) is 53.9 Å². The molecule has 4 aliphatic heterocycles. The molecule has 1 aromatic carbocycles. The van der Waals surface area contributed by atoms with Crippen molar-refractivity contribution in [2.24, 2.45) is 14.1 Å². The average Bonchev–Trinajstić information content (AvgIpc) is 1.64. The van der Waals surface area contributed by atoms with Gasteiger partial charge in [-0.1, -0.05) is 11.6 Å². The van der Waals surface area contributed by atoms with Crippen molar-refractivity contribution in [3.05, 3.63) is 147 Å². The van der Waals surface area contributed by atoms with E-state index in [-0.39, 0.29) is 5.82 Å². The standard InChI is InChI=1S/C25H29N7O2.C24H28ClN7O.C24H26FN7O.C23H28N8O/c1-33-19-10-16(12-26-13-19)21-11-20-22(14-27-21)31-25-23(20)24(28-15-29-25)30-17-2-4-18(5-3-17)32-6-8-34-9-7-32;1-31-13-15(12-28-31)18-10-19-21(11-20(18)25)30-24-22(19)23(26-14-27-24)29-16-2-4-17(5-3-16)32-6-8-33-9-7-32;25-16-9-15(11-26-12-16)20-10-19-21(13-27-20)31-24-22(19)23(28-14-29-24)30-17-1-3-18(4-2-17)32-5-7-33-8-6-32;1-30-13-15(11-27-30)19-10-18-20(12-24-19)29-23-21(18)22(25-14-26-23)28-16-2-4-17(5-3-16)31-6-8-32-9-7-31/h10-15,17-18H,2-9H2,1H3,(H2,28,29,30,31);10-14,16-17H,2-9H2,1H3,(H2,26,27,29,30);9-14,17-18H,1-8H2,(H2,28,29,30,31);10-14,16-17H,2-9H2,1H3,(H2,25,26,28,29). The zero-order valence-corrected chi connectivity index (χ0v) is 75.4. The van der Waals surface area contributed by atoms with Gasteiger partial charge in [0, 0.05) is 194 Å². The number of nitrogens with one attached hydrogen (secondary N) is 8. The second kappa shape index (κ2) is 39.3. The Balaban J connectivity index is 0.000000106. The lowest BCUT2D eigenvalue weighted by molar-refractivity contribution is 0.00788. The molecule has 8 N–H and O–H groups in total. The van der Waals surface area contributed by atoms with Gasteiger partial charge in [0.2, 0.25) is 0 Å². The lowest BCUT2D eigenvalue weighted by atomic mass is 9.90. The molecule has 0 atom stereocenters. The van der Waals surface area contributed by atoms with Crippen molar-refractivity contribution in [3.8, 4) is 50.6 Å². The van der Waals surface area contributed by atoms with Gasteiger partial charge in [-0.2, -0.15) is 10.2 Å². The van der Waals surface area contributed by atoms with Crippen molar-refractivity contribution in [1.29, 1.82) is 0 Å². The van der Waals surface area contributed by atoms with E-state index in [1.54, 1.807) is 66.6 Å². The van der Waals surface area contributed by atoms with Crippen LogP contribution in [-0.4, -0.2) is 285 Å². The number of nitrogens with zero attached hydrogens (tertiary/aromatic N) is 21. The molecular weight excluding hydrogens is 1690 g/mol. The molecule has 34 nitrogen and oxygen atoms in total. The van der Waals surface area contributed by atoms with E-state index in [0.717, 1.165) is 301 Å². The first-order valence-corrected chi connectivity index (χ1v) is 47.1. The van der Waals surface area contributed by atoms with Gasteiger partial charge in [0.15, 0.2) is 0 Å². The third kappa shape index (κ3) is 19.0. The number of hydrogen-bond donors (Lipinski definition) is 8. The average molecular weight is 1810 g/mol. The topological polar surface area (TPSA) is 374 Å². The summed E-state index contributed by atoms with van der Waals surface area (Å²) < 4.78 is 44.7. The number of hydrogen-bond acceptors (Lipinski definition) is 28. The predicted octanol–water partition coefficient (Wildman–Crippen LogP) is 14.6. The van der Waals surface area contributed by atoms with E-state index in [2.05, 4.69) is 154 Å². The maximum absolute atomic E-state index is 13.7. The molecule has 0 unspecified atom stereocenters. The summed E-state index contributed by atoms with van der Waals surface area (Å²) in [4.78, 5) is 82.3. The SMILES string of the molecule is COc1cncc(-c2cc3c(cn2)[nH]c2ncnc(NC4CCC(N5CCOCC5)CC4)c23)c1.Cn1cc(-c2cc3c(cc2Cl)[nH]c2ncnc(NC4CCC(N5CCOCC5)CC4)c23)cn1.Cn1cc(-c2cc3c(cn2)[nH]c2ncnc(NC4CCC(N5CCOCC5)CC4)c23)cn1.Fc1cncc(-c2cc3c(cn2)[nH]c2ncnc(NC4CCC(N5CCOCC5)CC4)c23)c1. The van der Waals surface area contributed by atoms with Gasteiger partial charge in [0.05, 0.1) is 164 Å². The third-order valence-electron chi connectivity index (χ3n) is 28.0. The van der Waals surface area contributed by atoms with Gasteiger partial charge in [0.1, 0.15) is 82.7 Å². The van der Waals surface area contributed by atoms with E-state index < -0.39 is 0 Å². The van der Waals surface area contributed by atoms with Crippen LogP contribution in [0.1, 0.15) is 103 Å². The quantitative estimate of drug-likeness (QED) is 0.0420.